The van der Waals surface area contributed by atoms with E-state index >= 15 is 0 Å². The van der Waals surface area contributed by atoms with Crippen LogP contribution in [0.25, 0.3) is 0 Å². The molecular weight excluding hydrogens is 116 g/mol. The van der Waals surface area contributed by atoms with Crippen molar-refractivity contribution >= 4 is 0 Å². The second-order valence-corrected chi connectivity index (χ2v) is 3.00. The zero-order chi connectivity index (χ0) is 6.43. The fraction of sp³-hybridized carbons (Fsp3) is 1.00. The van der Waals surface area contributed by atoms with Gasteiger partial charge in [0.1, 0.15) is 0 Å². The largest absolute Gasteiger partial charge is 0.370 e. The van der Waals surface area contributed by atoms with Crippen LogP contribution in [0.5, 0.6) is 0 Å². The van der Waals surface area contributed by atoms with E-state index in [4.69, 9.17) is 9.47 Å². The van der Waals surface area contributed by atoms with Crippen LogP contribution in [-0.2, 0) is 9.47 Å². The molecule has 0 N–H and O–H groups in total. The van der Waals surface area contributed by atoms with E-state index in [1.165, 1.54) is 0 Å². The van der Waals surface area contributed by atoms with Gasteiger partial charge in [-0.15, -0.1) is 0 Å². The monoisotopic (exact) mass is 128 g/mol. The Kier molecular flexibility index (Phi) is 1.08. The van der Waals surface area contributed by atoms with Gasteiger partial charge in [-0.1, -0.05) is 0 Å². The lowest BCUT2D eigenvalue weighted by molar-refractivity contribution is 0.328. The first-order chi connectivity index (χ1) is 4.27. The summed E-state index contributed by atoms with van der Waals surface area (Å²) in [5.74, 6) is 0. The zero-order valence-corrected chi connectivity index (χ0v) is 5.83. The molecule has 2 aliphatic rings. The molecule has 0 aliphatic carbocycles. The summed E-state index contributed by atoms with van der Waals surface area (Å²) in [5, 5.41) is 0. The summed E-state index contributed by atoms with van der Waals surface area (Å²) in [4.78, 5) is 0. The van der Waals surface area contributed by atoms with Crippen LogP contribution >= 0.6 is 0 Å². The maximum atomic E-state index is 5.24. The summed E-state index contributed by atoms with van der Waals surface area (Å²) in [6.07, 6.45) is 3.14. The Morgan fingerprint density at radius 2 is 1.33 bits per heavy atom. The van der Waals surface area contributed by atoms with E-state index in [0.717, 1.165) is 6.42 Å². The molecule has 0 aromatic rings. The van der Waals surface area contributed by atoms with E-state index in [0.29, 0.717) is 24.4 Å². The van der Waals surface area contributed by atoms with Gasteiger partial charge in [-0.2, -0.15) is 0 Å². The molecule has 2 aliphatic heterocycles. The molecule has 2 saturated heterocycles. The van der Waals surface area contributed by atoms with Crippen molar-refractivity contribution in [2.24, 2.45) is 0 Å². The first-order valence-electron chi connectivity index (χ1n) is 3.58. The highest BCUT2D eigenvalue weighted by Crippen LogP contribution is 2.34. The van der Waals surface area contributed by atoms with Gasteiger partial charge in [-0.05, 0) is 13.8 Å². The highest BCUT2D eigenvalue weighted by molar-refractivity contribution is 4.90. The lowest BCUT2D eigenvalue weighted by atomic mass is 10.2. The zero-order valence-electron chi connectivity index (χ0n) is 5.83. The fourth-order valence-corrected chi connectivity index (χ4v) is 1.18. The van der Waals surface area contributed by atoms with E-state index < -0.39 is 0 Å². The van der Waals surface area contributed by atoms with Crippen molar-refractivity contribution < 1.29 is 9.47 Å². The Labute approximate surface area is 55.1 Å². The van der Waals surface area contributed by atoms with Gasteiger partial charge in [-0.25, -0.2) is 0 Å². The predicted octanol–water partition coefficient (Wildman–Crippen LogP) is 0.951. The molecule has 2 nitrogen and oxygen atoms in total. The second kappa shape index (κ2) is 1.70. The van der Waals surface area contributed by atoms with Crippen LogP contribution in [0.4, 0.5) is 0 Å². The fourth-order valence-electron chi connectivity index (χ4n) is 1.18. The van der Waals surface area contributed by atoms with E-state index in [1.54, 1.807) is 0 Å². The van der Waals surface area contributed by atoms with Gasteiger partial charge in [0.05, 0.1) is 24.4 Å². The Balaban J connectivity index is 1.69. The van der Waals surface area contributed by atoms with E-state index in [2.05, 4.69) is 13.8 Å². The van der Waals surface area contributed by atoms with Crippen molar-refractivity contribution in [3.05, 3.63) is 0 Å². The molecule has 9 heavy (non-hydrogen) atoms. The maximum absolute atomic E-state index is 5.24. The summed E-state index contributed by atoms with van der Waals surface area (Å²) in [7, 11) is 0. The van der Waals surface area contributed by atoms with Gasteiger partial charge in [0.25, 0.3) is 0 Å². The third-order valence-corrected chi connectivity index (χ3v) is 2.14. The maximum Gasteiger partial charge on any atom is 0.0864 e. The summed E-state index contributed by atoms with van der Waals surface area (Å²) in [6, 6.07) is 0. The number of ether oxygens (including phenoxy) is 2. The van der Waals surface area contributed by atoms with E-state index in [9.17, 15) is 0 Å². The lowest BCUT2D eigenvalue weighted by Gasteiger charge is -1.83. The highest BCUT2D eigenvalue weighted by atomic mass is 16.6. The predicted molar refractivity (Wildman–Crippen MR) is 33.3 cm³/mol. The lowest BCUT2D eigenvalue weighted by Crippen LogP contribution is -1.97. The minimum absolute atomic E-state index is 0.501. The Morgan fingerprint density at radius 3 is 1.56 bits per heavy atom. The van der Waals surface area contributed by atoms with Crippen molar-refractivity contribution in [3.8, 4) is 0 Å². The van der Waals surface area contributed by atoms with Crippen molar-refractivity contribution in [1.82, 2.24) is 0 Å². The third kappa shape index (κ3) is 1.10. The topological polar surface area (TPSA) is 25.1 Å². The molecule has 0 radical (unpaired) electrons. The molecule has 2 heteroatoms. The SMILES string of the molecule is CC1OC1CC1OC1C. The molecule has 4 atom stereocenters. The van der Waals surface area contributed by atoms with Gasteiger partial charge >= 0.3 is 0 Å². The minimum atomic E-state index is 0.501. The van der Waals surface area contributed by atoms with Crippen LogP contribution in [0, 0.1) is 0 Å². The Bertz CT molecular complexity index is 110. The van der Waals surface area contributed by atoms with Crippen molar-refractivity contribution in [3.63, 3.8) is 0 Å². The molecule has 0 bridgehead atoms. The summed E-state index contributed by atoms with van der Waals surface area (Å²) in [6.45, 7) is 4.22. The van der Waals surface area contributed by atoms with Crippen molar-refractivity contribution in [2.75, 3.05) is 0 Å². The molecule has 0 amide bonds. The van der Waals surface area contributed by atoms with Crippen LogP contribution in [0.2, 0.25) is 0 Å². The smallest absolute Gasteiger partial charge is 0.0864 e. The van der Waals surface area contributed by atoms with Gasteiger partial charge < -0.3 is 9.47 Å². The van der Waals surface area contributed by atoms with Crippen LogP contribution in [0.3, 0.4) is 0 Å². The number of rotatable bonds is 2. The molecule has 2 rings (SSSR count). The van der Waals surface area contributed by atoms with Gasteiger partial charge in [0, 0.05) is 6.42 Å². The Morgan fingerprint density at radius 1 is 1.00 bits per heavy atom. The van der Waals surface area contributed by atoms with Crippen molar-refractivity contribution in [2.45, 2.75) is 44.7 Å². The van der Waals surface area contributed by atoms with Crippen LogP contribution < -0.4 is 0 Å². The van der Waals surface area contributed by atoms with Crippen LogP contribution in [-0.4, -0.2) is 24.4 Å². The molecule has 4 unspecified atom stereocenters. The van der Waals surface area contributed by atoms with Crippen LogP contribution in [0.15, 0.2) is 0 Å². The first kappa shape index (κ1) is 5.69. The standard InChI is InChI=1S/C7H12O2/c1-4-6(8-4)3-7-5(2)9-7/h4-7H,3H2,1-2H3. The molecule has 0 aromatic carbocycles. The normalized spacial score (nSPS) is 55.3. The molecule has 0 saturated carbocycles. The molecule has 2 fully saturated rings. The summed E-state index contributed by atoms with van der Waals surface area (Å²) < 4.78 is 10.5. The summed E-state index contributed by atoms with van der Waals surface area (Å²) in [5.41, 5.74) is 0. The van der Waals surface area contributed by atoms with Gasteiger partial charge in [0.2, 0.25) is 0 Å². The first-order valence-corrected chi connectivity index (χ1v) is 3.58. The molecule has 0 aromatic heterocycles. The quantitative estimate of drug-likeness (QED) is 0.517. The third-order valence-electron chi connectivity index (χ3n) is 2.14. The van der Waals surface area contributed by atoms with Crippen molar-refractivity contribution in [1.29, 1.82) is 0 Å². The number of hydrogen-bond acceptors (Lipinski definition) is 2. The van der Waals surface area contributed by atoms with Gasteiger partial charge in [0.15, 0.2) is 0 Å². The molecular formula is C7H12O2. The highest BCUT2D eigenvalue weighted by Gasteiger charge is 2.43. The molecule has 52 valence electrons. The molecule has 2 heterocycles. The number of hydrogen-bond donors (Lipinski definition) is 0. The Hall–Kier alpha value is -0.0800. The minimum Gasteiger partial charge on any atom is -0.370 e. The summed E-state index contributed by atoms with van der Waals surface area (Å²) >= 11 is 0. The second-order valence-electron chi connectivity index (χ2n) is 3.00. The molecule has 0 spiro atoms. The average molecular weight is 128 g/mol. The van der Waals surface area contributed by atoms with E-state index in [-0.39, 0.29) is 0 Å². The average Bonchev–Trinajstić information content (AvgIpc) is 2.59. The number of epoxide rings is 2. The van der Waals surface area contributed by atoms with E-state index in [1.807, 2.05) is 0 Å². The van der Waals surface area contributed by atoms with Crippen LogP contribution in [0.1, 0.15) is 20.3 Å². The van der Waals surface area contributed by atoms with Gasteiger partial charge in [-0.3, -0.25) is 0 Å².